The van der Waals surface area contributed by atoms with E-state index in [1.165, 1.54) is 11.3 Å². The van der Waals surface area contributed by atoms with Crippen molar-refractivity contribution in [3.8, 4) is 0 Å². The van der Waals surface area contributed by atoms with Gasteiger partial charge >= 0.3 is 12.0 Å². The van der Waals surface area contributed by atoms with Gasteiger partial charge in [0.15, 0.2) is 5.13 Å². The third-order valence-electron chi connectivity index (χ3n) is 2.12. The summed E-state index contributed by atoms with van der Waals surface area (Å²) >= 11 is 1.23. The molecule has 0 fully saturated rings. The van der Waals surface area contributed by atoms with Gasteiger partial charge < -0.3 is 16.2 Å². The molecule has 5 N–H and O–H groups in total. The predicted octanol–water partition coefficient (Wildman–Crippen LogP) is 0.292. The average Bonchev–Trinajstić information content (AvgIpc) is 2.69. The van der Waals surface area contributed by atoms with Crippen LogP contribution in [0, 0.1) is 6.92 Å². The lowest BCUT2D eigenvalue weighted by Crippen LogP contribution is -2.43. The van der Waals surface area contributed by atoms with Crippen molar-refractivity contribution in [3.05, 3.63) is 11.1 Å². The number of carbonyl (C=O) groups is 3. The van der Waals surface area contributed by atoms with Crippen LogP contribution >= 0.6 is 11.3 Å². The van der Waals surface area contributed by atoms with E-state index < -0.39 is 23.9 Å². The number of aromatic nitrogens is 1. The van der Waals surface area contributed by atoms with Gasteiger partial charge in [-0.3, -0.25) is 10.1 Å². The number of primary amides is 1. The van der Waals surface area contributed by atoms with Crippen molar-refractivity contribution < 1.29 is 19.5 Å². The molecule has 1 aromatic rings. The molecule has 0 aromatic carbocycles. The van der Waals surface area contributed by atoms with Crippen molar-refractivity contribution in [2.75, 3.05) is 5.32 Å². The fourth-order valence-electron chi connectivity index (χ4n) is 1.25. The smallest absolute Gasteiger partial charge is 0.326 e. The molecule has 0 unspecified atom stereocenters. The Bertz CT molecular complexity index is 488. The van der Waals surface area contributed by atoms with E-state index in [1.807, 2.05) is 0 Å². The minimum Gasteiger partial charge on any atom is -0.480 e. The number of nitrogens with two attached hydrogens (primary N) is 1. The molecular weight excluding hydrogens is 272 g/mol. The van der Waals surface area contributed by atoms with Crippen LogP contribution < -0.4 is 16.4 Å². The van der Waals surface area contributed by atoms with Crippen LogP contribution in [-0.2, 0) is 9.59 Å². The number of amides is 3. The summed E-state index contributed by atoms with van der Waals surface area (Å²) in [6, 6.07) is -1.86. The van der Waals surface area contributed by atoms with Gasteiger partial charge in [0.05, 0.1) is 5.69 Å². The van der Waals surface area contributed by atoms with Crippen molar-refractivity contribution in [2.45, 2.75) is 25.8 Å². The summed E-state index contributed by atoms with van der Waals surface area (Å²) in [5.41, 5.74) is 5.68. The summed E-state index contributed by atoms with van der Waals surface area (Å²) in [7, 11) is 0. The van der Waals surface area contributed by atoms with Gasteiger partial charge in [-0.05, 0) is 13.3 Å². The van der Waals surface area contributed by atoms with E-state index in [0.29, 0.717) is 5.13 Å². The molecule has 8 nitrogen and oxygen atoms in total. The van der Waals surface area contributed by atoms with Gasteiger partial charge in [-0.25, -0.2) is 14.6 Å². The number of carboxylic acids is 1. The average molecular weight is 286 g/mol. The van der Waals surface area contributed by atoms with Gasteiger partial charge in [0.1, 0.15) is 6.04 Å². The summed E-state index contributed by atoms with van der Waals surface area (Å²) in [5, 5.41) is 15.7. The molecule has 1 aromatic heterocycles. The number of carboxylic acid groups (broad SMARTS) is 1. The topological polar surface area (TPSA) is 134 Å². The lowest BCUT2D eigenvalue weighted by Gasteiger charge is -2.13. The second kappa shape index (κ2) is 6.69. The van der Waals surface area contributed by atoms with Gasteiger partial charge in [0, 0.05) is 11.8 Å². The Morgan fingerprint density at radius 1 is 1.53 bits per heavy atom. The van der Waals surface area contributed by atoms with Crippen LogP contribution in [0.1, 0.15) is 18.5 Å². The third kappa shape index (κ3) is 5.34. The number of thiazole rings is 1. The Hall–Kier alpha value is -2.16. The first-order valence-electron chi connectivity index (χ1n) is 5.39. The first kappa shape index (κ1) is 14.9. The third-order valence-corrected chi connectivity index (χ3v) is 3.00. The molecular formula is C10H14N4O4S. The van der Waals surface area contributed by atoms with Gasteiger partial charge in [0.2, 0.25) is 5.91 Å². The molecule has 1 atom stereocenters. The molecule has 0 aliphatic carbocycles. The Kier molecular flexibility index (Phi) is 5.24. The highest BCUT2D eigenvalue weighted by atomic mass is 32.1. The fourth-order valence-corrected chi connectivity index (χ4v) is 1.93. The highest BCUT2D eigenvalue weighted by Crippen LogP contribution is 2.14. The molecule has 0 aliphatic rings. The SMILES string of the molecule is Cc1csc(NC(=O)N[C@@H](CCC(N)=O)C(=O)O)n1. The van der Waals surface area contributed by atoms with E-state index in [-0.39, 0.29) is 12.8 Å². The van der Waals surface area contributed by atoms with E-state index in [4.69, 9.17) is 10.8 Å². The first-order valence-corrected chi connectivity index (χ1v) is 6.27. The lowest BCUT2D eigenvalue weighted by atomic mass is 10.1. The maximum absolute atomic E-state index is 11.5. The summed E-state index contributed by atoms with van der Waals surface area (Å²) < 4.78 is 0. The predicted molar refractivity (Wildman–Crippen MR) is 68.9 cm³/mol. The van der Waals surface area contributed by atoms with E-state index in [0.717, 1.165) is 5.69 Å². The van der Waals surface area contributed by atoms with Crippen molar-refractivity contribution in [2.24, 2.45) is 5.73 Å². The molecule has 0 aliphatic heterocycles. The lowest BCUT2D eigenvalue weighted by molar-refractivity contribution is -0.139. The minimum absolute atomic E-state index is 0.0605. The van der Waals surface area contributed by atoms with Crippen molar-refractivity contribution in [3.63, 3.8) is 0 Å². The Balaban J connectivity index is 2.51. The van der Waals surface area contributed by atoms with Crippen LogP contribution in [-0.4, -0.2) is 34.0 Å². The standard InChI is InChI=1S/C10H14N4O4S/c1-5-4-19-10(12-5)14-9(18)13-6(8(16)17)2-3-7(11)15/h4,6H,2-3H2,1H3,(H2,11,15)(H,16,17)(H2,12,13,14,18)/t6-/m0/s1. The number of carbonyl (C=O) groups excluding carboxylic acids is 2. The van der Waals surface area contributed by atoms with Crippen molar-refractivity contribution >= 4 is 34.4 Å². The second-order valence-electron chi connectivity index (χ2n) is 3.79. The molecule has 1 heterocycles. The van der Waals surface area contributed by atoms with Gasteiger partial charge in [-0.1, -0.05) is 0 Å². The van der Waals surface area contributed by atoms with Crippen LogP contribution in [0.5, 0.6) is 0 Å². The minimum atomic E-state index is -1.23. The fraction of sp³-hybridized carbons (Fsp3) is 0.400. The van der Waals surface area contributed by atoms with Crippen LogP contribution in [0.15, 0.2) is 5.38 Å². The monoisotopic (exact) mass is 286 g/mol. The number of nitrogens with zero attached hydrogens (tertiary/aromatic N) is 1. The van der Waals surface area contributed by atoms with Gasteiger partial charge in [-0.15, -0.1) is 11.3 Å². The molecule has 0 saturated heterocycles. The zero-order valence-corrected chi connectivity index (χ0v) is 11.0. The summed E-state index contributed by atoms with van der Waals surface area (Å²) in [6.45, 7) is 1.77. The van der Waals surface area contributed by atoms with Crippen LogP contribution in [0.2, 0.25) is 0 Å². The number of nitrogens with one attached hydrogen (secondary N) is 2. The zero-order chi connectivity index (χ0) is 14.4. The quantitative estimate of drug-likeness (QED) is 0.596. The van der Waals surface area contributed by atoms with Crippen LogP contribution in [0.3, 0.4) is 0 Å². The molecule has 0 spiro atoms. The number of anilines is 1. The molecule has 0 radical (unpaired) electrons. The Morgan fingerprint density at radius 3 is 2.68 bits per heavy atom. The molecule has 0 bridgehead atoms. The van der Waals surface area contributed by atoms with E-state index in [2.05, 4.69) is 15.6 Å². The molecule has 3 amide bonds. The maximum atomic E-state index is 11.5. The number of hydrogen-bond donors (Lipinski definition) is 4. The summed E-state index contributed by atoms with van der Waals surface area (Å²) in [6.07, 6.45) is -0.178. The van der Waals surface area contributed by atoms with E-state index in [1.54, 1.807) is 12.3 Å². The first-order chi connectivity index (χ1) is 8.88. The van der Waals surface area contributed by atoms with E-state index in [9.17, 15) is 14.4 Å². The van der Waals surface area contributed by atoms with E-state index >= 15 is 0 Å². The number of rotatable bonds is 6. The largest absolute Gasteiger partial charge is 0.480 e. The molecule has 1 rings (SSSR count). The Labute approximate surface area is 113 Å². The summed E-state index contributed by atoms with van der Waals surface area (Å²) in [4.78, 5) is 37.0. The van der Waals surface area contributed by atoms with Gasteiger partial charge in [0.25, 0.3) is 0 Å². The molecule has 9 heteroatoms. The normalized spacial score (nSPS) is 11.6. The molecule has 0 saturated carbocycles. The van der Waals surface area contributed by atoms with Crippen molar-refractivity contribution in [1.29, 1.82) is 0 Å². The Morgan fingerprint density at radius 2 is 2.21 bits per heavy atom. The zero-order valence-electron chi connectivity index (χ0n) is 10.2. The van der Waals surface area contributed by atoms with Crippen molar-refractivity contribution in [1.82, 2.24) is 10.3 Å². The second-order valence-corrected chi connectivity index (χ2v) is 4.65. The number of aryl methyl sites for hydroxylation is 1. The van der Waals surface area contributed by atoms with Crippen LogP contribution in [0.25, 0.3) is 0 Å². The molecule has 19 heavy (non-hydrogen) atoms. The maximum Gasteiger partial charge on any atom is 0.326 e. The highest BCUT2D eigenvalue weighted by Gasteiger charge is 2.20. The van der Waals surface area contributed by atoms with Gasteiger partial charge in [-0.2, -0.15) is 0 Å². The number of urea groups is 1. The highest BCUT2D eigenvalue weighted by molar-refractivity contribution is 7.13. The number of hydrogen-bond acceptors (Lipinski definition) is 5. The number of aliphatic carboxylic acids is 1. The van der Waals surface area contributed by atoms with Crippen LogP contribution in [0.4, 0.5) is 9.93 Å². The summed E-state index contributed by atoms with van der Waals surface area (Å²) in [5.74, 6) is -1.85. The molecule has 104 valence electrons.